The number of benzene rings is 1. The van der Waals surface area contributed by atoms with E-state index in [1.54, 1.807) is 19.1 Å². The van der Waals surface area contributed by atoms with Gasteiger partial charge in [-0.3, -0.25) is 19.2 Å². The highest BCUT2D eigenvalue weighted by Crippen LogP contribution is 2.30. The first-order chi connectivity index (χ1) is 16.9. The molecule has 0 spiro atoms. The van der Waals surface area contributed by atoms with Crippen LogP contribution in [0.1, 0.15) is 33.3 Å². The van der Waals surface area contributed by atoms with Crippen LogP contribution in [0.2, 0.25) is 0 Å². The molecule has 0 aliphatic carbocycles. The van der Waals surface area contributed by atoms with E-state index < -0.39 is 60.1 Å². The normalized spacial score (nSPS) is 23.4. The zero-order valence-electron chi connectivity index (χ0n) is 20.4. The second kappa shape index (κ2) is 11.2. The zero-order chi connectivity index (χ0) is 26.6. The molecule has 1 amide bonds. The van der Waals surface area contributed by atoms with E-state index in [2.05, 4.69) is 5.32 Å². The lowest BCUT2D eigenvalue weighted by atomic mass is 9.96. The Balaban J connectivity index is 2.02. The van der Waals surface area contributed by atoms with Crippen molar-refractivity contribution >= 4 is 34.8 Å². The Bertz CT molecular complexity index is 1220. The molecule has 2 aromatic rings. The standard InChI is InChI=1S/C24H27NO11/c1-11-8-20(30)35-18-9-16(6-7-17(11)18)34-24-21(25-12(2)26)23(33-15(5)29)22(32-14(4)28)19(36-24)10-31-13(3)27/h6-9,19,21-24H,10H2,1-5H3,(H,25,26)/t19-,21-,22-,23-,24+/m1/s1. The summed E-state index contributed by atoms with van der Waals surface area (Å²) in [5, 5.41) is 3.30. The van der Waals surface area contributed by atoms with Crippen LogP contribution in [-0.4, -0.2) is 61.1 Å². The summed E-state index contributed by atoms with van der Waals surface area (Å²) in [6, 6.07) is 4.98. The van der Waals surface area contributed by atoms with Crippen LogP contribution in [0, 0.1) is 6.92 Å². The quantitative estimate of drug-likeness (QED) is 0.327. The van der Waals surface area contributed by atoms with E-state index in [9.17, 15) is 24.0 Å². The molecule has 0 radical (unpaired) electrons. The minimum absolute atomic E-state index is 0.204. The predicted molar refractivity (Wildman–Crippen MR) is 122 cm³/mol. The number of nitrogens with one attached hydrogen (secondary N) is 1. The van der Waals surface area contributed by atoms with Crippen LogP contribution < -0.4 is 15.7 Å². The molecule has 0 bridgehead atoms. The number of carbonyl (C=O) groups is 4. The summed E-state index contributed by atoms with van der Waals surface area (Å²) in [6.07, 6.45) is -4.90. The van der Waals surface area contributed by atoms with Gasteiger partial charge < -0.3 is 33.4 Å². The van der Waals surface area contributed by atoms with Crippen LogP contribution >= 0.6 is 0 Å². The molecule has 12 heteroatoms. The van der Waals surface area contributed by atoms with Crippen molar-refractivity contribution in [2.75, 3.05) is 6.61 Å². The van der Waals surface area contributed by atoms with E-state index in [0.29, 0.717) is 10.9 Å². The van der Waals surface area contributed by atoms with E-state index in [4.69, 9.17) is 28.1 Å². The van der Waals surface area contributed by atoms with E-state index in [1.807, 2.05) is 0 Å². The molecule has 1 saturated heterocycles. The lowest BCUT2D eigenvalue weighted by molar-refractivity contribution is -0.257. The smallest absolute Gasteiger partial charge is 0.336 e. The molecule has 2 heterocycles. The van der Waals surface area contributed by atoms with Crippen molar-refractivity contribution in [3.63, 3.8) is 0 Å². The van der Waals surface area contributed by atoms with Crippen LogP contribution in [0.15, 0.2) is 33.5 Å². The second-order valence-corrected chi connectivity index (χ2v) is 8.24. The van der Waals surface area contributed by atoms with Gasteiger partial charge in [0.25, 0.3) is 0 Å². The van der Waals surface area contributed by atoms with E-state index in [0.717, 1.165) is 13.8 Å². The monoisotopic (exact) mass is 505 g/mol. The van der Waals surface area contributed by atoms with Gasteiger partial charge in [0.2, 0.25) is 12.2 Å². The molecule has 3 rings (SSSR count). The zero-order valence-corrected chi connectivity index (χ0v) is 20.4. The van der Waals surface area contributed by atoms with Gasteiger partial charge in [-0.2, -0.15) is 0 Å². The molecule has 36 heavy (non-hydrogen) atoms. The maximum atomic E-state index is 12.0. The highest BCUT2D eigenvalue weighted by molar-refractivity contribution is 5.81. The molecule has 12 nitrogen and oxygen atoms in total. The number of fused-ring (bicyclic) bond motifs is 1. The summed E-state index contributed by atoms with van der Waals surface area (Å²) in [5.41, 5.74) is 0.427. The molecule has 1 N–H and O–H groups in total. The molecule has 1 aromatic heterocycles. The van der Waals surface area contributed by atoms with Gasteiger partial charge in [0.05, 0.1) is 0 Å². The summed E-state index contributed by atoms with van der Waals surface area (Å²) in [5.74, 6) is -2.35. The van der Waals surface area contributed by atoms with Crippen molar-refractivity contribution in [3.8, 4) is 5.75 Å². The number of esters is 3. The topological polar surface area (TPSA) is 157 Å². The number of rotatable bonds is 7. The summed E-state index contributed by atoms with van der Waals surface area (Å²) < 4.78 is 33.1. The first-order valence-corrected chi connectivity index (χ1v) is 11.1. The molecular weight excluding hydrogens is 478 g/mol. The minimum Gasteiger partial charge on any atom is -0.463 e. The average molecular weight is 505 g/mol. The summed E-state index contributed by atoms with van der Waals surface area (Å²) >= 11 is 0. The third-order valence-corrected chi connectivity index (χ3v) is 5.25. The lowest BCUT2D eigenvalue weighted by Gasteiger charge is -2.44. The Labute approximate surface area is 205 Å². The van der Waals surface area contributed by atoms with Crippen LogP contribution in [0.5, 0.6) is 5.75 Å². The maximum absolute atomic E-state index is 12.0. The minimum atomic E-state index is -1.29. The van der Waals surface area contributed by atoms with Crippen molar-refractivity contribution < 1.29 is 47.3 Å². The van der Waals surface area contributed by atoms with Crippen molar-refractivity contribution in [2.45, 2.75) is 65.3 Å². The second-order valence-electron chi connectivity index (χ2n) is 8.24. The fourth-order valence-corrected chi connectivity index (χ4v) is 3.90. The van der Waals surface area contributed by atoms with Crippen molar-refractivity contribution in [3.05, 3.63) is 40.2 Å². The van der Waals surface area contributed by atoms with Gasteiger partial charge in [-0.05, 0) is 24.6 Å². The fourth-order valence-electron chi connectivity index (χ4n) is 3.90. The van der Waals surface area contributed by atoms with Crippen LogP contribution in [-0.2, 0) is 38.1 Å². The van der Waals surface area contributed by atoms with Crippen molar-refractivity contribution in [1.82, 2.24) is 5.32 Å². The molecule has 194 valence electrons. The van der Waals surface area contributed by atoms with Crippen LogP contribution in [0.25, 0.3) is 11.0 Å². The average Bonchev–Trinajstić information content (AvgIpc) is 2.75. The van der Waals surface area contributed by atoms with Gasteiger partial charge in [-0.1, -0.05) is 0 Å². The Morgan fingerprint density at radius 2 is 1.61 bits per heavy atom. The van der Waals surface area contributed by atoms with Gasteiger partial charge in [0.15, 0.2) is 12.2 Å². The molecular formula is C24H27NO11. The molecule has 1 aliphatic heterocycles. The van der Waals surface area contributed by atoms with Gasteiger partial charge in [-0.25, -0.2) is 4.79 Å². The number of hydrogen-bond donors (Lipinski definition) is 1. The van der Waals surface area contributed by atoms with Gasteiger partial charge in [-0.15, -0.1) is 0 Å². The highest BCUT2D eigenvalue weighted by atomic mass is 16.7. The van der Waals surface area contributed by atoms with Crippen molar-refractivity contribution in [1.29, 1.82) is 0 Å². The number of amides is 1. The first-order valence-electron chi connectivity index (χ1n) is 11.1. The SMILES string of the molecule is CC(=O)N[C@H]1[C@@H](Oc2ccc3c(C)cc(=O)oc3c2)O[C@H](COC(C)=O)[C@@H](OC(C)=O)[C@@H]1OC(C)=O. The summed E-state index contributed by atoms with van der Waals surface area (Å²) in [6.45, 7) is 6.12. The Morgan fingerprint density at radius 3 is 2.22 bits per heavy atom. The van der Waals surface area contributed by atoms with E-state index in [-0.39, 0.29) is 17.9 Å². The van der Waals surface area contributed by atoms with Crippen LogP contribution in [0.3, 0.4) is 0 Å². The largest absolute Gasteiger partial charge is 0.463 e. The Hall–Kier alpha value is -3.93. The Kier molecular flexibility index (Phi) is 8.30. The predicted octanol–water partition coefficient (Wildman–Crippen LogP) is 1.14. The number of ether oxygens (including phenoxy) is 5. The first kappa shape index (κ1) is 26.7. The van der Waals surface area contributed by atoms with Gasteiger partial charge in [0.1, 0.15) is 30.1 Å². The molecule has 0 saturated carbocycles. The highest BCUT2D eigenvalue weighted by Gasteiger charge is 2.52. The third-order valence-electron chi connectivity index (χ3n) is 5.25. The molecule has 1 aliphatic rings. The lowest BCUT2D eigenvalue weighted by Crippen LogP contribution is -2.67. The van der Waals surface area contributed by atoms with Gasteiger partial charge >= 0.3 is 23.5 Å². The number of hydrogen-bond acceptors (Lipinski definition) is 11. The third kappa shape index (κ3) is 6.60. The maximum Gasteiger partial charge on any atom is 0.336 e. The van der Waals surface area contributed by atoms with Gasteiger partial charge in [0, 0.05) is 45.2 Å². The van der Waals surface area contributed by atoms with Crippen molar-refractivity contribution in [2.24, 2.45) is 0 Å². The van der Waals surface area contributed by atoms with E-state index >= 15 is 0 Å². The number of aryl methyl sites for hydroxylation is 1. The molecule has 5 atom stereocenters. The summed E-state index contributed by atoms with van der Waals surface area (Å²) in [4.78, 5) is 59.0. The Morgan fingerprint density at radius 1 is 0.944 bits per heavy atom. The fraction of sp³-hybridized carbons (Fsp3) is 0.458. The number of carbonyl (C=O) groups excluding carboxylic acids is 4. The van der Waals surface area contributed by atoms with Crippen LogP contribution in [0.4, 0.5) is 0 Å². The molecule has 1 fully saturated rings. The molecule has 1 aromatic carbocycles. The van der Waals surface area contributed by atoms with E-state index in [1.165, 1.54) is 26.0 Å². The summed E-state index contributed by atoms with van der Waals surface area (Å²) in [7, 11) is 0. The molecule has 0 unspecified atom stereocenters.